The molecule has 0 fully saturated rings. The van der Waals surface area contributed by atoms with Crippen molar-refractivity contribution in [3.05, 3.63) is 164 Å². The summed E-state index contributed by atoms with van der Waals surface area (Å²) in [6.07, 6.45) is 1.84. The minimum Gasteiger partial charge on any atom is -0.455 e. The predicted octanol–water partition coefficient (Wildman–Crippen LogP) is 11.3. The normalized spacial score (nSPS) is 11.4. The zero-order valence-electron chi connectivity index (χ0n) is 25.3. The molecule has 0 saturated heterocycles. The Labute approximate surface area is 271 Å². The topological polar surface area (TPSA) is 51.8 Å². The zero-order valence-corrected chi connectivity index (χ0v) is 25.3. The smallest absolute Gasteiger partial charge is 0.160 e. The lowest BCUT2D eigenvalue weighted by Gasteiger charge is -2.12. The van der Waals surface area contributed by atoms with E-state index in [1.54, 1.807) is 0 Å². The van der Waals surface area contributed by atoms with Gasteiger partial charge < -0.3 is 4.42 Å². The molecule has 0 aliphatic carbocycles. The summed E-state index contributed by atoms with van der Waals surface area (Å²) in [6.45, 7) is 0. The van der Waals surface area contributed by atoms with E-state index in [0.717, 1.165) is 83.2 Å². The van der Waals surface area contributed by atoms with Gasteiger partial charge in [-0.15, -0.1) is 0 Å². The number of furan rings is 1. The van der Waals surface area contributed by atoms with Crippen molar-refractivity contribution >= 4 is 32.7 Å². The van der Waals surface area contributed by atoms with E-state index < -0.39 is 0 Å². The van der Waals surface area contributed by atoms with E-state index in [1.807, 2.05) is 72.9 Å². The average molecular weight is 602 g/mol. The number of benzene rings is 6. The van der Waals surface area contributed by atoms with Crippen molar-refractivity contribution in [2.45, 2.75) is 0 Å². The largest absolute Gasteiger partial charge is 0.455 e. The van der Waals surface area contributed by atoms with Crippen LogP contribution in [0.25, 0.3) is 89.0 Å². The minimum absolute atomic E-state index is 0.700. The highest BCUT2D eigenvalue weighted by Gasteiger charge is 2.19. The molecular weight excluding hydrogens is 574 g/mol. The maximum atomic E-state index is 6.58. The summed E-state index contributed by atoms with van der Waals surface area (Å²) in [7, 11) is 0. The molecule has 0 aliphatic heterocycles. The van der Waals surface area contributed by atoms with Crippen LogP contribution in [0.3, 0.4) is 0 Å². The monoisotopic (exact) mass is 601 g/mol. The quantitative estimate of drug-likeness (QED) is 0.197. The van der Waals surface area contributed by atoms with E-state index in [1.165, 1.54) is 0 Å². The Bertz CT molecular complexity index is 2500. The molecule has 9 aromatic rings. The zero-order chi connectivity index (χ0) is 31.2. The second-order valence-electron chi connectivity index (χ2n) is 11.6. The van der Waals surface area contributed by atoms with Crippen LogP contribution in [-0.4, -0.2) is 15.0 Å². The fourth-order valence-electron chi connectivity index (χ4n) is 6.54. The molecule has 220 valence electrons. The highest BCUT2D eigenvalue weighted by Crippen LogP contribution is 2.43. The fraction of sp³-hybridized carbons (Fsp3) is 0. The summed E-state index contributed by atoms with van der Waals surface area (Å²) in [6, 6.07) is 54.2. The first kappa shape index (κ1) is 27.0. The van der Waals surface area contributed by atoms with Crippen molar-refractivity contribution in [3.63, 3.8) is 0 Å². The van der Waals surface area contributed by atoms with Crippen LogP contribution in [0.1, 0.15) is 0 Å². The Kier molecular flexibility index (Phi) is 6.43. The van der Waals surface area contributed by atoms with Gasteiger partial charge in [-0.05, 0) is 52.9 Å². The molecule has 0 bridgehead atoms. The van der Waals surface area contributed by atoms with Crippen LogP contribution >= 0.6 is 0 Å². The second kappa shape index (κ2) is 11.2. The van der Waals surface area contributed by atoms with Crippen LogP contribution in [0.5, 0.6) is 0 Å². The van der Waals surface area contributed by atoms with Gasteiger partial charge in [-0.1, -0.05) is 121 Å². The number of hydrogen-bond donors (Lipinski definition) is 0. The molecule has 3 heterocycles. The van der Waals surface area contributed by atoms with Gasteiger partial charge in [-0.25, -0.2) is 9.97 Å². The van der Waals surface area contributed by atoms with Gasteiger partial charge in [0, 0.05) is 44.6 Å². The third-order valence-corrected chi connectivity index (χ3v) is 8.74. The summed E-state index contributed by atoms with van der Waals surface area (Å²) in [4.78, 5) is 14.8. The van der Waals surface area contributed by atoms with Crippen LogP contribution < -0.4 is 0 Å². The van der Waals surface area contributed by atoms with E-state index in [4.69, 9.17) is 14.4 Å². The number of rotatable bonds is 5. The first-order valence-electron chi connectivity index (χ1n) is 15.7. The van der Waals surface area contributed by atoms with Crippen molar-refractivity contribution in [1.82, 2.24) is 15.0 Å². The van der Waals surface area contributed by atoms with E-state index in [0.29, 0.717) is 5.82 Å². The van der Waals surface area contributed by atoms with Crippen LogP contribution in [-0.2, 0) is 0 Å². The van der Waals surface area contributed by atoms with Gasteiger partial charge >= 0.3 is 0 Å². The maximum absolute atomic E-state index is 6.58. The lowest BCUT2D eigenvalue weighted by molar-refractivity contribution is 0.673. The Balaban J connectivity index is 1.26. The Morgan fingerprint density at radius 1 is 0.404 bits per heavy atom. The fourth-order valence-corrected chi connectivity index (χ4v) is 6.54. The molecule has 0 amide bonds. The number of aromatic nitrogens is 3. The first-order valence-corrected chi connectivity index (χ1v) is 15.7. The first-order chi connectivity index (χ1) is 23.3. The van der Waals surface area contributed by atoms with Gasteiger partial charge in [-0.3, -0.25) is 4.98 Å². The number of pyridine rings is 1. The van der Waals surface area contributed by atoms with Gasteiger partial charge in [0.15, 0.2) is 5.82 Å². The molecule has 0 aliphatic rings. The summed E-state index contributed by atoms with van der Waals surface area (Å²) in [5.74, 6) is 0.700. The van der Waals surface area contributed by atoms with Crippen molar-refractivity contribution in [1.29, 1.82) is 0 Å². The molecule has 4 nitrogen and oxygen atoms in total. The van der Waals surface area contributed by atoms with Crippen LogP contribution in [0, 0.1) is 0 Å². The van der Waals surface area contributed by atoms with Crippen LogP contribution in [0.15, 0.2) is 168 Å². The molecule has 6 aromatic carbocycles. The van der Waals surface area contributed by atoms with E-state index in [-0.39, 0.29) is 0 Å². The molecular formula is C43H27N3O. The average Bonchev–Trinajstić information content (AvgIpc) is 3.55. The molecule has 0 spiro atoms. The molecule has 3 aromatic heterocycles. The minimum atomic E-state index is 0.700. The van der Waals surface area contributed by atoms with Gasteiger partial charge in [0.1, 0.15) is 11.2 Å². The Morgan fingerprint density at radius 2 is 1.06 bits per heavy atom. The molecule has 0 atom stereocenters. The van der Waals surface area contributed by atoms with Gasteiger partial charge in [0.25, 0.3) is 0 Å². The molecule has 0 radical (unpaired) electrons. The summed E-state index contributed by atoms with van der Waals surface area (Å²) < 4.78 is 6.58. The highest BCUT2D eigenvalue weighted by molar-refractivity contribution is 6.22. The van der Waals surface area contributed by atoms with Crippen molar-refractivity contribution in [2.24, 2.45) is 0 Å². The van der Waals surface area contributed by atoms with Crippen molar-refractivity contribution < 1.29 is 4.42 Å². The number of nitrogens with zero attached hydrogens (tertiary/aromatic N) is 3. The standard InChI is InChI=1S/C43H27N3O/c1-3-13-28(14-4-1)38-27-39(46-43(45-38)29-15-5-2-6-16-29)31-18-11-17-30(25-31)35-26-36-41-34(37-22-9-10-24-44-37)21-12-23-40(41)47-42(36)33-20-8-7-19-32(33)35/h1-27H. The molecule has 0 saturated carbocycles. The molecule has 47 heavy (non-hydrogen) atoms. The van der Waals surface area contributed by atoms with Gasteiger partial charge in [0.05, 0.1) is 17.1 Å². The number of fused-ring (bicyclic) bond motifs is 5. The lowest BCUT2D eigenvalue weighted by Crippen LogP contribution is -1.96. The van der Waals surface area contributed by atoms with E-state index in [9.17, 15) is 0 Å². The molecule has 0 unspecified atom stereocenters. The van der Waals surface area contributed by atoms with Crippen molar-refractivity contribution in [3.8, 4) is 56.3 Å². The summed E-state index contributed by atoms with van der Waals surface area (Å²) >= 11 is 0. The van der Waals surface area contributed by atoms with Gasteiger partial charge in [-0.2, -0.15) is 0 Å². The van der Waals surface area contributed by atoms with Crippen LogP contribution in [0.2, 0.25) is 0 Å². The van der Waals surface area contributed by atoms with Crippen molar-refractivity contribution in [2.75, 3.05) is 0 Å². The summed E-state index contributed by atoms with van der Waals surface area (Å²) in [5, 5.41) is 4.35. The SMILES string of the molecule is c1ccc(-c2cc(-c3cccc(-c4cc5c(oc6cccc(-c7ccccn7)c65)c5ccccc45)c3)nc(-c3ccccc3)n2)cc1. The molecule has 0 N–H and O–H groups in total. The van der Waals surface area contributed by atoms with Crippen LogP contribution in [0.4, 0.5) is 0 Å². The molecule has 9 rings (SSSR count). The summed E-state index contributed by atoms with van der Waals surface area (Å²) in [5.41, 5.74) is 10.8. The second-order valence-corrected chi connectivity index (χ2v) is 11.6. The molecule has 4 heteroatoms. The Morgan fingerprint density at radius 3 is 1.85 bits per heavy atom. The van der Waals surface area contributed by atoms with E-state index >= 15 is 0 Å². The van der Waals surface area contributed by atoms with Gasteiger partial charge in [0.2, 0.25) is 0 Å². The third kappa shape index (κ3) is 4.75. The van der Waals surface area contributed by atoms with E-state index in [2.05, 4.69) is 96.0 Å². The highest BCUT2D eigenvalue weighted by atomic mass is 16.3. The lowest BCUT2D eigenvalue weighted by atomic mass is 9.93. The maximum Gasteiger partial charge on any atom is 0.160 e. The Hall–Kier alpha value is -6.39. The predicted molar refractivity (Wildman–Crippen MR) is 192 cm³/mol. The number of hydrogen-bond acceptors (Lipinski definition) is 4. The third-order valence-electron chi connectivity index (χ3n) is 8.74.